The lowest BCUT2D eigenvalue weighted by Crippen LogP contribution is -2.30. The first-order valence-electron chi connectivity index (χ1n) is 12.1. The molecule has 2 saturated heterocycles. The normalized spacial score (nSPS) is 21.4. The highest BCUT2D eigenvalue weighted by Gasteiger charge is 2.40. The van der Waals surface area contributed by atoms with Gasteiger partial charge in [-0.3, -0.25) is 4.79 Å². The van der Waals surface area contributed by atoms with Gasteiger partial charge in [0.2, 0.25) is 5.91 Å². The van der Waals surface area contributed by atoms with Crippen molar-refractivity contribution in [2.24, 2.45) is 0 Å². The number of halogens is 2. The van der Waals surface area contributed by atoms with Crippen molar-refractivity contribution in [3.8, 4) is 11.1 Å². The molecule has 2 aliphatic rings. The lowest BCUT2D eigenvalue weighted by Gasteiger charge is -2.27. The fourth-order valence-electron chi connectivity index (χ4n) is 5.65. The Morgan fingerprint density at radius 3 is 2.54 bits per heavy atom. The van der Waals surface area contributed by atoms with Gasteiger partial charge in [-0.2, -0.15) is 0 Å². The molecule has 8 nitrogen and oxygen atoms in total. The summed E-state index contributed by atoms with van der Waals surface area (Å²) in [6.45, 7) is 3.68. The largest absolute Gasteiger partial charge is 0.361 e. The number of sulfone groups is 1. The van der Waals surface area contributed by atoms with Crippen LogP contribution in [0.4, 0.5) is 14.5 Å². The molecule has 2 atom stereocenters. The van der Waals surface area contributed by atoms with Gasteiger partial charge in [-0.15, -0.1) is 0 Å². The second-order valence-electron chi connectivity index (χ2n) is 9.72. The van der Waals surface area contributed by atoms with E-state index in [4.69, 9.17) is 9.51 Å². The van der Waals surface area contributed by atoms with E-state index in [1.54, 1.807) is 0 Å². The lowest BCUT2D eigenvalue weighted by atomic mass is 10.0. The van der Waals surface area contributed by atoms with Crippen LogP contribution < -0.4 is 4.90 Å². The van der Waals surface area contributed by atoms with Crippen LogP contribution in [0, 0.1) is 25.5 Å². The van der Waals surface area contributed by atoms with Gasteiger partial charge in [0.05, 0.1) is 40.3 Å². The van der Waals surface area contributed by atoms with Gasteiger partial charge >= 0.3 is 0 Å². The molecule has 2 fully saturated rings. The van der Waals surface area contributed by atoms with Crippen LogP contribution in [0.5, 0.6) is 0 Å². The van der Waals surface area contributed by atoms with Crippen LogP contribution in [-0.4, -0.2) is 40.5 Å². The highest BCUT2D eigenvalue weighted by atomic mass is 32.2. The molecule has 1 amide bonds. The van der Waals surface area contributed by atoms with Crippen molar-refractivity contribution in [1.82, 2.24) is 14.7 Å². The fourth-order valence-corrected chi connectivity index (χ4v) is 7.35. The molecule has 11 heteroatoms. The van der Waals surface area contributed by atoms with Gasteiger partial charge in [0.15, 0.2) is 21.5 Å². The molecule has 6 rings (SSSR count). The van der Waals surface area contributed by atoms with Crippen LogP contribution in [0.2, 0.25) is 0 Å². The zero-order valence-electron chi connectivity index (χ0n) is 20.2. The van der Waals surface area contributed by atoms with Gasteiger partial charge < -0.3 is 14.0 Å². The van der Waals surface area contributed by atoms with Gasteiger partial charge in [-0.25, -0.2) is 22.2 Å². The Morgan fingerprint density at radius 1 is 1.05 bits per heavy atom. The van der Waals surface area contributed by atoms with Crippen molar-refractivity contribution < 1.29 is 26.5 Å². The van der Waals surface area contributed by atoms with Crippen molar-refractivity contribution >= 4 is 32.5 Å². The average Bonchev–Trinajstić information content (AvgIpc) is 3.59. The van der Waals surface area contributed by atoms with Crippen molar-refractivity contribution in [3.63, 3.8) is 0 Å². The number of carbonyl (C=O) groups is 1. The number of aromatic nitrogens is 3. The molecule has 2 unspecified atom stereocenters. The highest BCUT2D eigenvalue weighted by Crippen LogP contribution is 2.41. The van der Waals surface area contributed by atoms with Crippen LogP contribution in [0.3, 0.4) is 0 Å². The van der Waals surface area contributed by atoms with E-state index in [-0.39, 0.29) is 35.6 Å². The number of carbonyl (C=O) groups excluding carboxylic acids is 1. The molecule has 2 aromatic carbocycles. The smallest absolute Gasteiger partial charge is 0.227 e. The molecule has 0 radical (unpaired) electrons. The Kier molecular flexibility index (Phi) is 5.45. The summed E-state index contributed by atoms with van der Waals surface area (Å²) in [5.74, 6) is -1.02. The third-order valence-corrected chi connectivity index (χ3v) is 9.05. The number of hydrogen-bond acceptors (Lipinski definition) is 6. The van der Waals surface area contributed by atoms with Crippen molar-refractivity contribution in [1.29, 1.82) is 0 Å². The Bertz CT molecular complexity index is 1660. The maximum Gasteiger partial charge on any atom is 0.227 e. The summed E-state index contributed by atoms with van der Waals surface area (Å²) in [7, 11) is -3.21. The van der Waals surface area contributed by atoms with E-state index in [9.17, 15) is 22.0 Å². The number of aryl methyl sites for hydroxylation is 2. The zero-order chi connectivity index (χ0) is 26.1. The average molecular weight is 527 g/mol. The molecule has 192 valence electrons. The molecule has 4 aromatic rings. The number of anilines is 1. The summed E-state index contributed by atoms with van der Waals surface area (Å²) >= 11 is 0. The molecule has 4 heterocycles. The van der Waals surface area contributed by atoms with Crippen LogP contribution in [-0.2, 0) is 14.6 Å². The summed E-state index contributed by atoms with van der Waals surface area (Å²) in [6.07, 6.45) is 1.05. The first-order valence-corrected chi connectivity index (χ1v) is 13.9. The second-order valence-corrected chi connectivity index (χ2v) is 11.9. The molecule has 0 bridgehead atoms. The molecule has 0 aliphatic carbocycles. The van der Waals surface area contributed by atoms with E-state index in [1.807, 2.05) is 36.6 Å². The number of amides is 1. The van der Waals surface area contributed by atoms with Gasteiger partial charge in [0.25, 0.3) is 0 Å². The minimum atomic E-state index is -3.21. The molecule has 2 aliphatic heterocycles. The third kappa shape index (κ3) is 3.92. The summed E-state index contributed by atoms with van der Waals surface area (Å²) < 4.78 is 59.8. The van der Waals surface area contributed by atoms with Crippen molar-refractivity contribution in [2.75, 3.05) is 16.4 Å². The number of hydrogen-bond donors (Lipinski definition) is 0. The van der Waals surface area contributed by atoms with E-state index < -0.39 is 27.5 Å². The Morgan fingerprint density at radius 2 is 1.86 bits per heavy atom. The zero-order valence-corrected chi connectivity index (χ0v) is 21.1. The fraction of sp³-hybridized carbons (Fsp3) is 0.346. The van der Waals surface area contributed by atoms with Crippen LogP contribution in [0.25, 0.3) is 22.2 Å². The van der Waals surface area contributed by atoms with Gasteiger partial charge in [0, 0.05) is 23.7 Å². The van der Waals surface area contributed by atoms with Crippen LogP contribution in [0.15, 0.2) is 40.9 Å². The Balaban J connectivity index is 1.53. The molecule has 0 spiro atoms. The van der Waals surface area contributed by atoms with E-state index >= 15 is 0 Å². The second kappa shape index (κ2) is 8.47. The quantitative estimate of drug-likeness (QED) is 0.378. The number of imidazole rings is 1. The summed E-state index contributed by atoms with van der Waals surface area (Å²) in [4.78, 5) is 19.3. The van der Waals surface area contributed by atoms with Gasteiger partial charge in [-0.1, -0.05) is 11.2 Å². The monoisotopic (exact) mass is 526 g/mol. The van der Waals surface area contributed by atoms with Crippen LogP contribution >= 0.6 is 0 Å². The predicted molar refractivity (Wildman–Crippen MR) is 133 cm³/mol. The standard InChI is InChI=1S/C26H24F2N4O4S/c1-14-25(15(2)36-30-14)16-3-6-22-21(11-16)29-26(32(22)18-9-10-37(34,35)13-18)23-7-8-24(33)31(23)17-4-5-19(27)20(28)12-17/h3-6,11-12,18,23H,7-10,13H2,1-2H3. The number of rotatable bonds is 4. The van der Waals surface area contributed by atoms with Crippen molar-refractivity contribution in [2.45, 2.75) is 45.2 Å². The maximum absolute atomic E-state index is 14.1. The van der Waals surface area contributed by atoms with E-state index in [0.717, 1.165) is 34.5 Å². The molecule has 37 heavy (non-hydrogen) atoms. The number of fused-ring (bicyclic) bond motifs is 1. The minimum absolute atomic E-state index is 0.0249. The molecule has 0 saturated carbocycles. The first-order chi connectivity index (χ1) is 17.6. The minimum Gasteiger partial charge on any atom is -0.361 e. The predicted octanol–water partition coefficient (Wildman–Crippen LogP) is 4.81. The molecule has 2 aromatic heterocycles. The number of benzene rings is 2. The maximum atomic E-state index is 14.1. The van der Waals surface area contributed by atoms with Gasteiger partial charge in [0.1, 0.15) is 11.6 Å². The summed E-state index contributed by atoms with van der Waals surface area (Å²) in [5, 5.41) is 4.03. The molecule has 0 N–H and O–H groups in total. The Labute approximate surface area is 211 Å². The topological polar surface area (TPSA) is 98.3 Å². The molecular formula is C26H24F2N4O4S. The van der Waals surface area contributed by atoms with Crippen molar-refractivity contribution in [3.05, 3.63) is 65.3 Å². The lowest BCUT2D eigenvalue weighted by molar-refractivity contribution is -0.117. The summed E-state index contributed by atoms with van der Waals surface area (Å²) in [5.41, 5.74) is 4.09. The first kappa shape index (κ1) is 23.8. The van der Waals surface area contributed by atoms with E-state index in [0.29, 0.717) is 29.9 Å². The van der Waals surface area contributed by atoms with Crippen LogP contribution in [0.1, 0.15) is 48.6 Å². The highest BCUT2D eigenvalue weighted by molar-refractivity contribution is 7.91. The Hall–Kier alpha value is -3.60. The van der Waals surface area contributed by atoms with Gasteiger partial charge in [-0.05, 0) is 56.5 Å². The van der Waals surface area contributed by atoms with E-state index in [1.165, 1.54) is 11.0 Å². The number of nitrogens with zero attached hydrogens (tertiary/aromatic N) is 4. The molecular weight excluding hydrogens is 502 g/mol. The van der Waals surface area contributed by atoms with E-state index in [2.05, 4.69) is 5.16 Å². The SMILES string of the molecule is Cc1noc(C)c1-c1ccc2c(c1)nc(C1CCC(=O)N1c1ccc(F)c(F)c1)n2C1CCS(=O)(=O)C1. The summed E-state index contributed by atoms with van der Waals surface area (Å²) in [6, 6.07) is 8.20. The third-order valence-electron chi connectivity index (χ3n) is 7.30.